The summed E-state index contributed by atoms with van der Waals surface area (Å²) in [5.74, 6) is 1.34. The molecule has 0 amide bonds. The van der Waals surface area contributed by atoms with E-state index in [1.54, 1.807) is 25.1 Å². The van der Waals surface area contributed by atoms with Crippen LogP contribution in [0.3, 0.4) is 0 Å². The number of furan rings is 1. The predicted octanol–water partition coefficient (Wildman–Crippen LogP) is 1.68. The normalized spacial score (nSPS) is 17.1. The highest BCUT2D eigenvalue weighted by Gasteiger charge is 2.15. The first kappa shape index (κ1) is 12.6. The molecule has 18 heavy (non-hydrogen) atoms. The van der Waals surface area contributed by atoms with Crippen LogP contribution in [0.4, 0.5) is 0 Å². The lowest BCUT2D eigenvalue weighted by Crippen LogP contribution is -1.95. The minimum atomic E-state index is -0.350. The fourth-order valence-corrected chi connectivity index (χ4v) is 1.55. The Morgan fingerprint density at radius 1 is 1.39 bits per heavy atom. The molecule has 2 heterocycles. The summed E-state index contributed by atoms with van der Waals surface area (Å²) in [4.78, 5) is 10.9. The van der Waals surface area contributed by atoms with Crippen LogP contribution in [0.25, 0.3) is 0 Å². The van der Waals surface area contributed by atoms with Crippen LogP contribution in [0.1, 0.15) is 18.4 Å². The maximum atomic E-state index is 10.9. The van der Waals surface area contributed by atoms with E-state index < -0.39 is 0 Å². The first-order valence-corrected chi connectivity index (χ1v) is 5.56. The summed E-state index contributed by atoms with van der Waals surface area (Å²) in [5, 5.41) is 8.82. The molecule has 1 aromatic heterocycles. The lowest BCUT2D eigenvalue weighted by atomic mass is 10.2. The SMILES string of the molecule is CC1=CC(=O)O/C1=C\COCc1ccc(CO)o1. The quantitative estimate of drug-likeness (QED) is 0.636. The van der Waals surface area contributed by atoms with Gasteiger partial charge in [-0.15, -0.1) is 0 Å². The van der Waals surface area contributed by atoms with Crippen LogP contribution in [-0.4, -0.2) is 17.7 Å². The first-order chi connectivity index (χ1) is 8.69. The third-order valence-electron chi connectivity index (χ3n) is 2.44. The van der Waals surface area contributed by atoms with Crippen molar-refractivity contribution < 1.29 is 23.8 Å². The van der Waals surface area contributed by atoms with Crippen molar-refractivity contribution in [1.82, 2.24) is 0 Å². The van der Waals surface area contributed by atoms with Crippen molar-refractivity contribution in [3.05, 3.63) is 47.1 Å². The molecule has 0 saturated heterocycles. The van der Waals surface area contributed by atoms with Gasteiger partial charge in [0.2, 0.25) is 0 Å². The molecule has 0 unspecified atom stereocenters. The maximum absolute atomic E-state index is 10.9. The van der Waals surface area contributed by atoms with Crippen molar-refractivity contribution in [2.24, 2.45) is 0 Å². The number of rotatable bonds is 5. The Balaban J connectivity index is 1.78. The van der Waals surface area contributed by atoms with Crippen molar-refractivity contribution in [2.45, 2.75) is 20.1 Å². The number of carbonyl (C=O) groups is 1. The van der Waals surface area contributed by atoms with E-state index in [1.165, 1.54) is 6.08 Å². The van der Waals surface area contributed by atoms with E-state index in [0.29, 0.717) is 30.5 Å². The molecule has 2 rings (SSSR count). The maximum Gasteiger partial charge on any atom is 0.336 e. The molecule has 96 valence electrons. The summed E-state index contributed by atoms with van der Waals surface area (Å²) in [6.07, 6.45) is 3.14. The van der Waals surface area contributed by atoms with Gasteiger partial charge < -0.3 is 19.0 Å². The Labute approximate surface area is 104 Å². The number of ether oxygens (including phenoxy) is 2. The molecule has 1 aliphatic heterocycles. The van der Waals surface area contributed by atoms with Gasteiger partial charge in [0.25, 0.3) is 0 Å². The molecular weight excluding hydrogens is 236 g/mol. The summed E-state index contributed by atoms with van der Waals surface area (Å²) in [6, 6.07) is 3.45. The number of hydrogen-bond donors (Lipinski definition) is 1. The summed E-state index contributed by atoms with van der Waals surface area (Å²) in [6.45, 7) is 2.31. The molecule has 0 spiro atoms. The van der Waals surface area contributed by atoms with Crippen LogP contribution >= 0.6 is 0 Å². The zero-order valence-corrected chi connectivity index (χ0v) is 10.0. The molecule has 0 bridgehead atoms. The number of carbonyl (C=O) groups excluding carboxylic acids is 1. The lowest BCUT2D eigenvalue weighted by Gasteiger charge is -2.01. The van der Waals surface area contributed by atoms with Gasteiger partial charge in [0.05, 0.1) is 6.61 Å². The van der Waals surface area contributed by atoms with Gasteiger partial charge >= 0.3 is 5.97 Å². The van der Waals surface area contributed by atoms with Crippen molar-refractivity contribution in [3.8, 4) is 0 Å². The van der Waals surface area contributed by atoms with Crippen LogP contribution in [0.2, 0.25) is 0 Å². The van der Waals surface area contributed by atoms with Crippen LogP contribution in [0.5, 0.6) is 0 Å². The van der Waals surface area contributed by atoms with Crippen LogP contribution in [0.15, 0.2) is 40.0 Å². The van der Waals surface area contributed by atoms with Gasteiger partial charge in [-0.05, 0) is 30.7 Å². The molecule has 5 nitrogen and oxygen atoms in total. The highest BCUT2D eigenvalue weighted by atomic mass is 16.5. The molecule has 5 heteroatoms. The number of esters is 1. The van der Waals surface area contributed by atoms with E-state index >= 15 is 0 Å². The van der Waals surface area contributed by atoms with Crippen LogP contribution in [-0.2, 0) is 27.5 Å². The zero-order chi connectivity index (χ0) is 13.0. The number of allylic oxidation sites excluding steroid dienone is 1. The van der Waals surface area contributed by atoms with Gasteiger partial charge in [-0.1, -0.05) is 0 Å². The highest BCUT2D eigenvalue weighted by Crippen LogP contribution is 2.18. The molecule has 0 aromatic carbocycles. The summed E-state index contributed by atoms with van der Waals surface area (Å²) in [5.41, 5.74) is 0.796. The van der Waals surface area contributed by atoms with Gasteiger partial charge in [-0.3, -0.25) is 0 Å². The van der Waals surface area contributed by atoms with E-state index in [0.717, 1.165) is 5.57 Å². The topological polar surface area (TPSA) is 68.9 Å². The van der Waals surface area contributed by atoms with Gasteiger partial charge in [0, 0.05) is 6.08 Å². The third kappa shape index (κ3) is 3.09. The molecule has 0 saturated carbocycles. The Bertz CT molecular complexity index is 495. The van der Waals surface area contributed by atoms with Crippen LogP contribution < -0.4 is 0 Å². The molecule has 0 aliphatic carbocycles. The number of aliphatic hydroxyl groups is 1. The Hall–Kier alpha value is -1.85. The van der Waals surface area contributed by atoms with Gasteiger partial charge in [-0.25, -0.2) is 4.79 Å². The molecule has 1 aliphatic rings. The average Bonchev–Trinajstić information content (AvgIpc) is 2.92. The smallest absolute Gasteiger partial charge is 0.336 e. The molecule has 0 fully saturated rings. The second-order valence-corrected chi connectivity index (χ2v) is 3.86. The molecular formula is C13H14O5. The largest absolute Gasteiger partial charge is 0.461 e. The molecule has 0 radical (unpaired) electrons. The average molecular weight is 250 g/mol. The van der Waals surface area contributed by atoms with E-state index in [2.05, 4.69) is 0 Å². The number of hydrogen-bond acceptors (Lipinski definition) is 5. The fourth-order valence-electron chi connectivity index (χ4n) is 1.55. The van der Waals surface area contributed by atoms with E-state index in [1.807, 2.05) is 0 Å². The monoisotopic (exact) mass is 250 g/mol. The minimum Gasteiger partial charge on any atom is -0.461 e. The number of aliphatic hydroxyl groups excluding tert-OH is 1. The second-order valence-electron chi connectivity index (χ2n) is 3.86. The van der Waals surface area contributed by atoms with Crippen molar-refractivity contribution in [2.75, 3.05) is 6.61 Å². The summed E-state index contributed by atoms with van der Waals surface area (Å²) >= 11 is 0. The standard InChI is InChI=1S/C13H14O5/c1-9-6-13(15)18-12(9)4-5-16-8-11-3-2-10(7-14)17-11/h2-4,6,14H,5,7-8H2,1H3/b12-4-. The third-order valence-corrected chi connectivity index (χ3v) is 2.44. The minimum absolute atomic E-state index is 0.121. The number of cyclic esters (lactones) is 1. The van der Waals surface area contributed by atoms with E-state index in [-0.39, 0.29) is 12.6 Å². The van der Waals surface area contributed by atoms with Crippen molar-refractivity contribution in [3.63, 3.8) is 0 Å². The Morgan fingerprint density at radius 3 is 2.78 bits per heavy atom. The predicted molar refractivity (Wildman–Crippen MR) is 62.2 cm³/mol. The fraction of sp³-hybridized carbons (Fsp3) is 0.308. The van der Waals surface area contributed by atoms with Gasteiger partial charge in [-0.2, -0.15) is 0 Å². The second kappa shape index (κ2) is 5.66. The van der Waals surface area contributed by atoms with Crippen LogP contribution in [0, 0.1) is 0 Å². The highest BCUT2D eigenvalue weighted by molar-refractivity contribution is 5.88. The van der Waals surface area contributed by atoms with Crippen molar-refractivity contribution >= 4 is 5.97 Å². The lowest BCUT2D eigenvalue weighted by molar-refractivity contribution is -0.132. The van der Waals surface area contributed by atoms with E-state index in [9.17, 15) is 4.79 Å². The summed E-state index contributed by atoms with van der Waals surface area (Å²) < 4.78 is 15.5. The molecule has 1 aromatic rings. The van der Waals surface area contributed by atoms with Crippen molar-refractivity contribution in [1.29, 1.82) is 0 Å². The van der Waals surface area contributed by atoms with Gasteiger partial charge in [0.15, 0.2) is 0 Å². The van der Waals surface area contributed by atoms with E-state index in [4.69, 9.17) is 19.0 Å². The Kier molecular flexibility index (Phi) is 3.96. The summed E-state index contributed by atoms with van der Waals surface area (Å²) in [7, 11) is 0. The van der Waals surface area contributed by atoms with Gasteiger partial charge in [0.1, 0.15) is 30.5 Å². The molecule has 0 atom stereocenters. The first-order valence-electron chi connectivity index (χ1n) is 5.56. The molecule has 1 N–H and O–H groups in total. The Morgan fingerprint density at radius 2 is 2.17 bits per heavy atom. The zero-order valence-electron chi connectivity index (χ0n) is 10.0.